The van der Waals surface area contributed by atoms with Gasteiger partial charge in [0.15, 0.2) is 0 Å². The van der Waals surface area contributed by atoms with Crippen LogP contribution in [0.5, 0.6) is 0 Å². The van der Waals surface area contributed by atoms with Crippen molar-refractivity contribution >= 4 is 0 Å². The summed E-state index contributed by atoms with van der Waals surface area (Å²) in [6.07, 6.45) is 6.95. The van der Waals surface area contributed by atoms with Crippen molar-refractivity contribution in [3.8, 4) is 0 Å². The molecule has 2 aliphatic rings. The second kappa shape index (κ2) is 8.50. The molecule has 0 saturated carbocycles. The van der Waals surface area contributed by atoms with Crippen molar-refractivity contribution in [1.29, 1.82) is 0 Å². The van der Waals surface area contributed by atoms with Crippen LogP contribution in [0.4, 0.5) is 0 Å². The zero-order valence-electron chi connectivity index (χ0n) is 14.6. The van der Waals surface area contributed by atoms with E-state index >= 15 is 0 Å². The van der Waals surface area contributed by atoms with Crippen LogP contribution in [0.3, 0.4) is 0 Å². The van der Waals surface area contributed by atoms with Crippen molar-refractivity contribution in [2.24, 2.45) is 11.8 Å². The van der Waals surface area contributed by atoms with Gasteiger partial charge in [-0.2, -0.15) is 0 Å². The van der Waals surface area contributed by atoms with Crippen LogP contribution in [0.1, 0.15) is 59.8 Å². The molecule has 2 fully saturated rings. The molecule has 3 heteroatoms. The predicted octanol–water partition coefficient (Wildman–Crippen LogP) is 3.29. The summed E-state index contributed by atoms with van der Waals surface area (Å²) in [4.78, 5) is 2.75. The Labute approximate surface area is 131 Å². The van der Waals surface area contributed by atoms with Crippen LogP contribution in [0, 0.1) is 11.8 Å². The first kappa shape index (κ1) is 17.2. The monoisotopic (exact) mass is 296 g/mol. The van der Waals surface area contributed by atoms with Crippen LogP contribution >= 0.6 is 0 Å². The van der Waals surface area contributed by atoms with E-state index in [1.165, 1.54) is 45.2 Å². The smallest absolute Gasteiger partial charge is 0.0576 e. The summed E-state index contributed by atoms with van der Waals surface area (Å²) in [6, 6.07) is 1.39. The van der Waals surface area contributed by atoms with Crippen LogP contribution < -0.4 is 5.32 Å². The van der Waals surface area contributed by atoms with E-state index in [2.05, 4.69) is 37.9 Å². The molecule has 3 nitrogen and oxygen atoms in total. The van der Waals surface area contributed by atoms with Gasteiger partial charge < -0.3 is 10.1 Å². The number of ether oxygens (including phenoxy) is 1. The van der Waals surface area contributed by atoms with E-state index in [0.29, 0.717) is 18.2 Å². The lowest BCUT2D eigenvalue weighted by Crippen LogP contribution is -2.58. The van der Waals surface area contributed by atoms with Crippen LogP contribution in [0.15, 0.2) is 0 Å². The van der Waals surface area contributed by atoms with Gasteiger partial charge in [0, 0.05) is 31.8 Å². The number of nitrogens with zero attached hydrogens (tertiary/aromatic N) is 1. The van der Waals surface area contributed by atoms with E-state index < -0.39 is 0 Å². The fourth-order valence-corrected chi connectivity index (χ4v) is 3.93. The maximum Gasteiger partial charge on any atom is 0.0576 e. The summed E-state index contributed by atoms with van der Waals surface area (Å²) < 4.78 is 5.76. The largest absolute Gasteiger partial charge is 0.378 e. The summed E-state index contributed by atoms with van der Waals surface area (Å²) in [7, 11) is 0. The van der Waals surface area contributed by atoms with E-state index in [4.69, 9.17) is 4.74 Å². The maximum atomic E-state index is 5.76. The SMILES string of the molecule is CC(C)CC1CN(CCCC2CCCO2)C(C(C)C)CN1. The Hall–Kier alpha value is -0.120. The highest BCUT2D eigenvalue weighted by Crippen LogP contribution is 2.21. The third-order valence-electron chi connectivity index (χ3n) is 5.06. The lowest BCUT2D eigenvalue weighted by atomic mass is 9.94. The molecule has 2 aliphatic heterocycles. The van der Waals surface area contributed by atoms with E-state index in [9.17, 15) is 0 Å². The summed E-state index contributed by atoms with van der Waals surface area (Å²) in [5.41, 5.74) is 0. The molecule has 0 aliphatic carbocycles. The van der Waals surface area contributed by atoms with Crippen LogP contribution in [-0.4, -0.2) is 49.3 Å². The molecular formula is C18H36N2O. The third-order valence-corrected chi connectivity index (χ3v) is 5.06. The zero-order chi connectivity index (χ0) is 15.2. The highest BCUT2D eigenvalue weighted by Gasteiger charge is 2.29. The van der Waals surface area contributed by atoms with Gasteiger partial charge in [-0.1, -0.05) is 27.7 Å². The van der Waals surface area contributed by atoms with Crippen LogP contribution in [-0.2, 0) is 4.74 Å². The van der Waals surface area contributed by atoms with Crippen molar-refractivity contribution < 1.29 is 4.74 Å². The summed E-state index contributed by atoms with van der Waals surface area (Å²) in [5, 5.41) is 3.78. The molecule has 0 aromatic carbocycles. The quantitative estimate of drug-likeness (QED) is 0.780. The maximum absolute atomic E-state index is 5.76. The summed E-state index contributed by atoms with van der Waals surface area (Å²) >= 11 is 0. The standard InChI is InChI=1S/C18H36N2O/c1-14(2)11-16-13-20(18(12-19-16)15(3)4)9-5-7-17-8-6-10-21-17/h14-19H,5-13H2,1-4H3. The lowest BCUT2D eigenvalue weighted by Gasteiger charge is -2.43. The first-order valence-corrected chi connectivity index (χ1v) is 9.15. The first-order valence-electron chi connectivity index (χ1n) is 9.15. The Kier molecular flexibility index (Phi) is 6.97. The van der Waals surface area contributed by atoms with Gasteiger partial charge in [0.05, 0.1) is 6.10 Å². The van der Waals surface area contributed by atoms with E-state index in [0.717, 1.165) is 25.0 Å². The fraction of sp³-hybridized carbons (Fsp3) is 1.00. The van der Waals surface area contributed by atoms with Gasteiger partial charge in [-0.3, -0.25) is 4.90 Å². The van der Waals surface area contributed by atoms with Gasteiger partial charge in [-0.15, -0.1) is 0 Å². The average molecular weight is 296 g/mol. The highest BCUT2D eigenvalue weighted by atomic mass is 16.5. The molecular weight excluding hydrogens is 260 g/mol. The Morgan fingerprint density at radius 2 is 2.05 bits per heavy atom. The molecule has 124 valence electrons. The minimum Gasteiger partial charge on any atom is -0.378 e. The van der Waals surface area contributed by atoms with E-state index in [-0.39, 0.29) is 0 Å². The Bertz CT molecular complexity index is 287. The van der Waals surface area contributed by atoms with E-state index in [1.807, 2.05) is 0 Å². The van der Waals surface area contributed by atoms with Gasteiger partial charge in [0.2, 0.25) is 0 Å². The number of piperazine rings is 1. The fourth-order valence-electron chi connectivity index (χ4n) is 3.93. The minimum absolute atomic E-state index is 0.553. The number of hydrogen-bond donors (Lipinski definition) is 1. The van der Waals surface area contributed by atoms with Crippen molar-refractivity contribution in [1.82, 2.24) is 10.2 Å². The molecule has 3 unspecified atom stereocenters. The molecule has 3 atom stereocenters. The summed E-state index contributed by atoms with van der Waals surface area (Å²) in [5.74, 6) is 1.52. The number of nitrogens with one attached hydrogen (secondary N) is 1. The molecule has 0 amide bonds. The predicted molar refractivity (Wildman–Crippen MR) is 89.7 cm³/mol. The Morgan fingerprint density at radius 3 is 2.67 bits per heavy atom. The first-order chi connectivity index (χ1) is 10.1. The third kappa shape index (κ3) is 5.54. The molecule has 1 N–H and O–H groups in total. The molecule has 21 heavy (non-hydrogen) atoms. The number of hydrogen-bond acceptors (Lipinski definition) is 3. The molecule has 0 spiro atoms. The molecule has 0 bridgehead atoms. The van der Waals surface area contributed by atoms with Crippen molar-refractivity contribution in [2.75, 3.05) is 26.2 Å². The Balaban J connectivity index is 1.78. The van der Waals surface area contributed by atoms with Gasteiger partial charge in [0.1, 0.15) is 0 Å². The number of rotatable bonds is 7. The average Bonchev–Trinajstić information content (AvgIpc) is 2.91. The molecule has 0 radical (unpaired) electrons. The molecule has 0 aromatic rings. The van der Waals surface area contributed by atoms with Gasteiger partial charge in [-0.05, 0) is 50.5 Å². The second-order valence-corrected chi connectivity index (χ2v) is 7.82. The van der Waals surface area contributed by atoms with Crippen LogP contribution in [0.25, 0.3) is 0 Å². The van der Waals surface area contributed by atoms with Crippen molar-refractivity contribution in [3.05, 3.63) is 0 Å². The molecule has 2 rings (SSSR count). The van der Waals surface area contributed by atoms with Crippen molar-refractivity contribution in [3.63, 3.8) is 0 Å². The second-order valence-electron chi connectivity index (χ2n) is 7.82. The Morgan fingerprint density at radius 1 is 1.24 bits per heavy atom. The lowest BCUT2D eigenvalue weighted by molar-refractivity contribution is 0.0734. The molecule has 2 heterocycles. The highest BCUT2D eigenvalue weighted by molar-refractivity contribution is 4.88. The van der Waals surface area contributed by atoms with Gasteiger partial charge >= 0.3 is 0 Å². The van der Waals surface area contributed by atoms with Crippen LogP contribution in [0.2, 0.25) is 0 Å². The topological polar surface area (TPSA) is 24.5 Å². The van der Waals surface area contributed by atoms with Crippen molar-refractivity contribution in [2.45, 2.75) is 78.0 Å². The van der Waals surface area contributed by atoms with Gasteiger partial charge in [0.25, 0.3) is 0 Å². The normalized spacial score (nSPS) is 31.4. The summed E-state index contributed by atoms with van der Waals surface area (Å²) in [6.45, 7) is 14.0. The molecule has 2 saturated heterocycles. The zero-order valence-corrected chi connectivity index (χ0v) is 14.6. The van der Waals surface area contributed by atoms with E-state index in [1.54, 1.807) is 0 Å². The molecule has 0 aromatic heterocycles. The minimum atomic E-state index is 0.553. The van der Waals surface area contributed by atoms with Gasteiger partial charge in [-0.25, -0.2) is 0 Å².